The standard InChI is InChI=1S/C12H14BrClO5S/c1-7(2)3-4-11(15)19-8-5-9(13)12(16)10(6-8)20(14,17)18/h5-7,16H,3-4H2,1-2H3. The second-order valence-corrected chi connectivity index (χ2v) is 7.98. The Morgan fingerprint density at radius 2 is 2.05 bits per heavy atom. The lowest BCUT2D eigenvalue weighted by Gasteiger charge is -2.09. The molecule has 0 atom stereocenters. The van der Waals surface area contributed by atoms with E-state index in [9.17, 15) is 18.3 Å². The number of phenolic OH excluding ortho intramolecular Hbond substituents is 1. The summed E-state index contributed by atoms with van der Waals surface area (Å²) in [6, 6.07) is 2.31. The van der Waals surface area contributed by atoms with Crippen LogP contribution in [-0.2, 0) is 13.8 Å². The molecule has 1 aromatic rings. The molecule has 0 saturated heterocycles. The fourth-order valence-corrected chi connectivity index (χ4v) is 2.91. The topological polar surface area (TPSA) is 80.7 Å². The number of carbonyl (C=O) groups is 1. The van der Waals surface area contributed by atoms with E-state index >= 15 is 0 Å². The molecule has 0 amide bonds. The van der Waals surface area contributed by atoms with Gasteiger partial charge < -0.3 is 9.84 Å². The highest BCUT2D eigenvalue weighted by molar-refractivity contribution is 9.10. The molecule has 1 aromatic carbocycles. The maximum atomic E-state index is 11.6. The van der Waals surface area contributed by atoms with E-state index in [-0.39, 0.29) is 16.6 Å². The fourth-order valence-electron chi connectivity index (χ4n) is 1.38. The lowest BCUT2D eigenvalue weighted by molar-refractivity contribution is -0.134. The van der Waals surface area contributed by atoms with Gasteiger partial charge in [-0.2, -0.15) is 0 Å². The summed E-state index contributed by atoms with van der Waals surface area (Å²) in [5.74, 6) is -0.647. The Kier molecular flexibility index (Phi) is 5.85. The zero-order valence-corrected chi connectivity index (χ0v) is 14.0. The molecule has 1 N–H and O–H groups in total. The largest absolute Gasteiger partial charge is 0.505 e. The highest BCUT2D eigenvalue weighted by atomic mass is 79.9. The second kappa shape index (κ2) is 6.78. The van der Waals surface area contributed by atoms with Crippen molar-refractivity contribution in [1.82, 2.24) is 0 Å². The normalized spacial score (nSPS) is 11.7. The van der Waals surface area contributed by atoms with Crippen molar-refractivity contribution in [2.45, 2.75) is 31.6 Å². The molecule has 0 spiro atoms. The first-order chi connectivity index (χ1) is 9.11. The molecule has 0 aliphatic carbocycles. The van der Waals surface area contributed by atoms with Gasteiger partial charge in [0.1, 0.15) is 16.4 Å². The van der Waals surface area contributed by atoms with Crippen LogP contribution in [0.15, 0.2) is 21.5 Å². The second-order valence-electron chi connectivity index (χ2n) is 4.60. The number of halogens is 2. The van der Waals surface area contributed by atoms with E-state index in [0.29, 0.717) is 12.3 Å². The van der Waals surface area contributed by atoms with Crippen LogP contribution in [0, 0.1) is 5.92 Å². The molecule has 0 aromatic heterocycles. The summed E-state index contributed by atoms with van der Waals surface area (Å²) in [6.45, 7) is 3.95. The minimum Gasteiger partial charge on any atom is -0.505 e. The molecule has 20 heavy (non-hydrogen) atoms. The predicted molar refractivity (Wildman–Crippen MR) is 78.6 cm³/mol. The van der Waals surface area contributed by atoms with Gasteiger partial charge in [0.25, 0.3) is 9.05 Å². The molecule has 0 unspecified atom stereocenters. The monoisotopic (exact) mass is 384 g/mol. The average molecular weight is 386 g/mol. The van der Waals surface area contributed by atoms with Crippen molar-refractivity contribution in [3.63, 3.8) is 0 Å². The first-order valence-electron chi connectivity index (χ1n) is 5.79. The van der Waals surface area contributed by atoms with E-state index in [2.05, 4.69) is 15.9 Å². The Hall–Kier alpha value is -0.790. The van der Waals surface area contributed by atoms with Crippen molar-refractivity contribution in [3.8, 4) is 11.5 Å². The average Bonchev–Trinajstić information content (AvgIpc) is 2.29. The zero-order chi connectivity index (χ0) is 15.5. The van der Waals surface area contributed by atoms with Gasteiger partial charge in [-0.25, -0.2) is 8.42 Å². The summed E-state index contributed by atoms with van der Waals surface area (Å²) in [7, 11) is 1.06. The van der Waals surface area contributed by atoms with Crippen LogP contribution in [0.5, 0.6) is 11.5 Å². The predicted octanol–water partition coefficient (Wildman–Crippen LogP) is 3.42. The first-order valence-corrected chi connectivity index (χ1v) is 8.89. The van der Waals surface area contributed by atoms with Crippen LogP contribution < -0.4 is 4.74 Å². The zero-order valence-electron chi connectivity index (χ0n) is 10.9. The highest BCUT2D eigenvalue weighted by Gasteiger charge is 2.20. The van der Waals surface area contributed by atoms with Crippen LogP contribution in [0.2, 0.25) is 0 Å². The van der Waals surface area contributed by atoms with Crippen molar-refractivity contribution in [3.05, 3.63) is 16.6 Å². The number of esters is 1. The number of hydrogen-bond acceptors (Lipinski definition) is 5. The molecule has 0 radical (unpaired) electrons. The number of hydrogen-bond donors (Lipinski definition) is 1. The van der Waals surface area contributed by atoms with Crippen molar-refractivity contribution in [2.24, 2.45) is 5.92 Å². The molecule has 0 aliphatic rings. The Balaban J connectivity index is 2.98. The van der Waals surface area contributed by atoms with Crippen LogP contribution in [0.25, 0.3) is 0 Å². The van der Waals surface area contributed by atoms with Gasteiger partial charge in [0.05, 0.1) is 4.47 Å². The van der Waals surface area contributed by atoms with Crippen LogP contribution in [-0.4, -0.2) is 19.5 Å². The molecule has 112 valence electrons. The van der Waals surface area contributed by atoms with Gasteiger partial charge >= 0.3 is 5.97 Å². The molecule has 0 bridgehead atoms. The number of phenols is 1. The van der Waals surface area contributed by atoms with Crippen molar-refractivity contribution in [1.29, 1.82) is 0 Å². The summed E-state index contributed by atoms with van der Waals surface area (Å²) in [5, 5.41) is 9.62. The van der Waals surface area contributed by atoms with E-state index in [0.717, 1.165) is 6.07 Å². The Morgan fingerprint density at radius 1 is 1.45 bits per heavy atom. The maximum Gasteiger partial charge on any atom is 0.311 e. The number of rotatable bonds is 5. The van der Waals surface area contributed by atoms with Crippen molar-refractivity contribution < 1.29 is 23.1 Å². The molecule has 5 nitrogen and oxygen atoms in total. The molecule has 1 rings (SSSR count). The van der Waals surface area contributed by atoms with Crippen LogP contribution in [0.1, 0.15) is 26.7 Å². The quantitative estimate of drug-likeness (QED) is 0.477. The van der Waals surface area contributed by atoms with Crippen molar-refractivity contribution >= 4 is 41.6 Å². The summed E-state index contributed by atoms with van der Waals surface area (Å²) < 4.78 is 27.7. The van der Waals surface area contributed by atoms with E-state index in [4.69, 9.17) is 15.4 Å². The molecule has 0 saturated carbocycles. The molecular weight excluding hydrogens is 372 g/mol. The maximum absolute atomic E-state index is 11.6. The van der Waals surface area contributed by atoms with Crippen LogP contribution in [0.4, 0.5) is 0 Å². The lowest BCUT2D eigenvalue weighted by Crippen LogP contribution is -2.09. The fraction of sp³-hybridized carbons (Fsp3) is 0.417. The number of aromatic hydroxyl groups is 1. The molecular formula is C12H14BrClO5S. The van der Waals surface area contributed by atoms with Gasteiger partial charge in [0, 0.05) is 23.2 Å². The van der Waals surface area contributed by atoms with E-state index in [1.54, 1.807) is 0 Å². The van der Waals surface area contributed by atoms with Gasteiger partial charge in [-0.05, 0) is 34.3 Å². The van der Waals surface area contributed by atoms with Crippen LogP contribution >= 0.6 is 26.6 Å². The summed E-state index contributed by atoms with van der Waals surface area (Å²) in [5.41, 5.74) is 0. The Morgan fingerprint density at radius 3 is 2.55 bits per heavy atom. The van der Waals surface area contributed by atoms with Crippen LogP contribution in [0.3, 0.4) is 0 Å². The Labute approximate surface area is 130 Å². The molecule has 0 fully saturated rings. The number of ether oxygens (including phenoxy) is 1. The van der Waals surface area contributed by atoms with Gasteiger partial charge in [-0.1, -0.05) is 13.8 Å². The summed E-state index contributed by atoms with van der Waals surface area (Å²) >= 11 is 2.98. The van der Waals surface area contributed by atoms with Gasteiger partial charge in [0.2, 0.25) is 0 Å². The molecule has 0 heterocycles. The van der Waals surface area contributed by atoms with E-state index in [1.165, 1.54) is 6.07 Å². The van der Waals surface area contributed by atoms with Gasteiger partial charge in [0.15, 0.2) is 0 Å². The molecule has 0 aliphatic heterocycles. The minimum atomic E-state index is -4.14. The SMILES string of the molecule is CC(C)CCC(=O)Oc1cc(Br)c(O)c(S(=O)(=O)Cl)c1. The van der Waals surface area contributed by atoms with Gasteiger partial charge in [-0.3, -0.25) is 4.79 Å². The number of benzene rings is 1. The lowest BCUT2D eigenvalue weighted by atomic mass is 10.1. The smallest absolute Gasteiger partial charge is 0.311 e. The summed E-state index contributed by atoms with van der Waals surface area (Å²) in [6.07, 6.45) is 0.887. The Bertz CT molecular complexity index is 613. The minimum absolute atomic E-state index is 0.00246. The first kappa shape index (κ1) is 17.3. The van der Waals surface area contributed by atoms with Crippen molar-refractivity contribution in [2.75, 3.05) is 0 Å². The third-order valence-corrected chi connectivity index (χ3v) is 4.36. The summed E-state index contributed by atoms with van der Waals surface area (Å²) in [4.78, 5) is 11.1. The molecule has 8 heteroatoms. The van der Waals surface area contributed by atoms with E-state index < -0.39 is 25.7 Å². The third-order valence-electron chi connectivity index (χ3n) is 2.42. The highest BCUT2D eigenvalue weighted by Crippen LogP contribution is 2.37. The number of carbonyl (C=O) groups excluding carboxylic acids is 1. The third kappa shape index (κ3) is 4.96. The van der Waals surface area contributed by atoms with E-state index in [1.807, 2.05) is 13.8 Å². The van der Waals surface area contributed by atoms with Gasteiger partial charge in [-0.15, -0.1) is 0 Å².